The molecule has 0 aromatic carbocycles. The summed E-state index contributed by atoms with van der Waals surface area (Å²) in [5, 5.41) is 16.9. The molecule has 0 aromatic rings. The lowest BCUT2D eigenvalue weighted by molar-refractivity contribution is -0.202. The molecule has 1 saturated heterocycles. The van der Waals surface area contributed by atoms with E-state index in [-0.39, 0.29) is 75.1 Å². The Balaban J connectivity index is 1.13. The third-order valence-corrected chi connectivity index (χ3v) is 16.1. The summed E-state index contributed by atoms with van der Waals surface area (Å²) < 4.78 is 0. The van der Waals surface area contributed by atoms with Gasteiger partial charge in [0, 0.05) is 37.4 Å². The number of nitrogens with one attached hydrogen (secondary N) is 2. The first-order valence-corrected chi connectivity index (χ1v) is 19.7. The molecule has 0 radical (unpaired) electrons. The minimum absolute atomic E-state index is 0.0405. The number of amides is 3. The summed E-state index contributed by atoms with van der Waals surface area (Å²) in [7, 11) is 0. The Morgan fingerprint density at radius 1 is 0.898 bits per heavy atom. The summed E-state index contributed by atoms with van der Waals surface area (Å²) in [6, 6.07) is 0. The predicted molar refractivity (Wildman–Crippen MR) is 191 cm³/mol. The Morgan fingerprint density at radius 3 is 2.39 bits per heavy atom. The Hall–Kier alpha value is -2.22. The summed E-state index contributed by atoms with van der Waals surface area (Å²) >= 11 is 0. The van der Waals surface area contributed by atoms with Crippen LogP contribution in [0, 0.1) is 50.2 Å². The molecular weight excluding hydrogens is 614 g/mol. The van der Waals surface area contributed by atoms with Crippen LogP contribution in [0.4, 0.5) is 0 Å². The van der Waals surface area contributed by atoms with Gasteiger partial charge in [0.1, 0.15) is 0 Å². The molecule has 6 aliphatic rings. The first-order valence-electron chi connectivity index (χ1n) is 19.7. The molecule has 0 aromatic heterocycles. The van der Waals surface area contributed by atoms with Crippen molar-refractivity contribution in [3.05, 3.63) is 11.6 Å². The van der Waals surface area contributed by atoms with Gasteiger partial charge < -0.3 is 20.6 Å². The normalized spacial score (nSPS) is 43.2. The van der Waals surface area contributed by atoms with E-state index in [9.17, 15) is 24.3 Å². The number of nitrogens with zero attached hydrogens (tertiary/aromatic N) is 1. The maximum absolute atomic E-state index is 14.6. The van der Waals surface area contributed by atoms with Crippen molar-refractivity contribution in [1.29, 1.82) is 0 Å². The van der Waals surface area contributed by atoms with Gasteiger partial charge in [-0.25, -0.2) is 0 Å². The molecule has 4 saturated carbocycles. The highest BCUT2D eigenvalue weighted by atomic mass is 16.3. The van der Waals surface area contributed by atoms with Crippen molar-refractivity contribution in [3.8, 4) is 0 Å². The van der Waals surface area contributed by atoms with Gasteiger partial charge in [-0.05, 0) is 122 Å². The average Bonchev–Trinajstić information content (AvgIpc) is 3.25. The maximum atomic E-state index is 14.6. The van der Waals surface area contributed by atoms with Gasteiger partial charge in [-0.1, -0.05) is 60.5 Å². The number of carbonyl (C=O) groups is 4. The van der Waals surface area contributed by atoms with Crippen molar-refractivity contribution >= 4 is 23.5 Å². The summed E-state index contributed by atoms with van der Waals surface area (Å²) in [4.78, 5) is 55.3. The Labute approximate surface area is 295 Å². The number of hydrogen-bond acceptors (Lipinski definition) is 5. The van der Waals surface area contributed by atoms with Crippen LogP contribution in [0.3, 0.4) is 0 Å². The van der Waals surface area contributed by atoms with Gasteiger partial charge in [-0.3, -0.25) is 19.2 Å². The number of fused-ring (bicyclic) bond motifs is 7. The maximum Gasteiger partial charge on any atom is 0.239 e. The third-order valence-electron chi connectivity index (χ3n) is 16.1. The zero-order chi connectivity index (χ0) is 35.6. The number of rotatable bonds is 7. The van der Waals surface area contributed by atoms with Crippen molar-refractivity contribution in [1.82, 2.24) is 15.5 Å². The van der Waals surface area contributed by atoms with Gasteiger partial charge in [0.2, 0.25) is 17.7 Å². The van der Waals surface area contributed by atoms with Crippen LogP contribution < -0.4 is 10.6 Å². The zero-order valence-corrected chi connectivity index (χ0v) is 31.6. The van der Waals surface area contributed by atoms with Crippen LogP contribution in [-0.4, -0.2) is 65.8 Å². The van der Waals surface area contributed by atoms with Gasteiger partial charge >= 0.3 is 0 Å². The highest BCUT2D eigenvalue weighted by Crippen LogP contribution is 2.75. The number of likely N-dealkylation sites (tertiary alicyclic amines) is 1. The number of aliphatic hydroxyl groups is 1. The van der Waals surface area contributed by atoms with Gasteiger partial charge in [-0.2, -0.15) is 0 Å². The molecule has 1 aliphatic heterocycles. The molecule has 3 N–H and O–H groups in total. The number of carbonyl (C=O) groups excluding carboxylic acids is 4. The summed E-state index contributed by atoms with van der Waals surface area (Å²) in [5.74, 6) is 0.590. The Kier molecular flexibility index (Phi) is 9.53. The van der Waals surface area contributed by atoms with E-state index in [0.717, 1.165) is 77.2 Å². The molecule has 6 rings (SSSR count). The van der Waals surface area contributed by atoms with E-state index in [4.69, 9.17) is 0 Å². The molecule has 1 heterocycles. The molecular formula is C41H65N3O5. The van der Waals surface area contributed by atoms with Crippen LogP contribution in [0.2, 0.25) is 0 Å². The number of aliphatic hydroxyl groups excluding tert-OH is 1. The van der Waals surface area contributed by atoms with E-state index in [1.165, 1.54) is 5.57 Å². The van der Waals surface area contributed by atoms with Crippen molar-refractivity contribution in [2.24, 2.45) is 50.2 Å². The Morgan fingerprint density at radius 2 is 1.63 bits per heavy atom. The van der Waals surface area contributed by atoms with E-state index in [0.29, 0.717) is 38.3 Å². The fourth-order valence-electron chi connectivity index (χ4n) is 12.6. The molecule has 5 aliphatic carbocycles. The molecule has 0 spiro atoms. The monoisotopic (exact) mass is 679 g/mol. The van der Waals surface area contributed by atoms with Gasteiger partial charge in [-0.15, -0.1) is 0 Å². The SMILES string of the molecule is CC1(C)[C@@H](O)CC[C@]2(C)[C@H]3C(=O)C=C4[C@@H]5C[C@@](C)(C(=O)NCC(=O)NCCCN6CCCCCC6=O)CC[C@]5(C)CC[C@@]4(C)[C@]3(C)CC[C@@H]12. The highest BCUT2D eigenvalue weighted by molar-refractivity contribution is 5.96. The molecule has 0 bridgehead atoms. The third kappa shape index (κ3) is 5.92. The molecule has 9 atom stereocenters. The fourth-order valence-corrected chi connectivity index (χ4v) is 12.6. The molecule has 8 nitrogen and oxygen atoms in total. The van der Waals surface area contributed by atoms with Crippen LogP contribution in [-0.2, 0) is 19.2 Å². The van der Waals surface area contributed by atoms with Gasteiger partial charge in [0.15, 0.2) is 5.78 Å². The molecule has 274 valence electrons. The van der Waals surface area contributed by atoms with Crippen molar-refractivity contribution in [3.63, 3.8) is 0 Å². The van der Waals surface area contributed by atoms with Crippen molar-refractivity contribution in [2.45, 2.75) is 144 Å². The minimum Gasteiger partial charge on any atom is -0.393 e. The van der Waals surface area contributed by atoms with Crippen molar-refractivity contribution in [2.75, 3.05) is 26.2 Å². The van der Waals surface area contributed by atoms with Gasteiger partial charge in [0.05, 0.1) is 12.6 Å². The molecule has 3 amide bonds. The molecule has 0 unspecified atom stereocenters. The lowest BCUT2D eigenvalue weighted by Gasteiger charge is -2.70. The fraction of sp³-hybridized carbons (Fsp3) is 0.854. The first kappa shape index (κ1) is 36.6. The lowest BCUT2D eigenvalue weighted by atomic mass is 9.33. The predicted octanol–water partition coefficient (Wildman–Crippen LogP) is 6.35. The van der Waals surface area contributed by atoms with Crippen LogP contribution in [0.5, 0.6) is 0 Å². The number of hydrogen-bond donors (Lipinski definition) is 3. The van der Waals surface area contributed by atoms with Crippen LogP contribution >= 0.6 is 0 Å². The van der Waals surface area contributed by atoms with Crippen LogP contribution in [0.25, 0.3) is 0 Å². The zero-order valence-electron chi connectivity index (χ0n) is 31.6. The second-order valence-corrected chi connectivity index (χ2v) is 19.2. The Bertz CT molecular complexity index is 1390. The first-order chi connectivity index (χ1) is 22.9. The molecule has 49 heavy (non-hydrogen) atoms. The highest BCUT2D eigenvalue weighted by Gasteiger charge is 2.70. The second-order valence-electron chi connectivity index (χ2n) is 19.2. The molecule has 8 heteroatoms. The average molecular weight is 680 g/mol. The van der Waals surface area contributed by atoms with E-state index >= 15 is 0 Å². The lowest BCUT2D eigenvalue weighted by Crippen LogP contribution is -2.66. The van der Waals surface area contributed by atoms with E-state index in [1.807, 2.05) is 4.90 Å². The standard InChI is InChI=1S/C41H65N3O5/c1-36(2)30-13-16-41(7)34(39(30,5)15-14-31(36)46)29(45)24-27-28-25-38(4,18-17-37(28,3)19-20-40(27,41)6)35(49)43-26-32(47)42-21-11-23-44-22-10-8-9-12-33(44)48/h24,28,30-31,34,46H,8-23,25-26H2,1-7H3,(H,42,47)(H,43,49)/t28-,30-,31-,34+,37+,38-,39-,40+,41+/m0/s1. The van der Waals surface area contributed by atoms with Crippen LogP contribution in [0.15, 0.2) is 11.6 Å². The topological polar surface area (TPSA) is 116 Å². The largest absolute Gasteiger partial charge is 0.393 e. The minimum atomic E-state index is -0.620. The van der Waals surface area contributed by atoms with E-state index < -0.39 is 5.41 Å². The van der Waals surface area contributed by atoms with E-state index in [1.54, 1.807) is 0 Å². The smallest absolute Gasteiger partial charge is 0.239 e. The van der Waals surface area contributed by atoms with Crippen LogP contribution in [0.1, 0.15) is 138 Å². The van der Waals surface area contributed by atoms with E-state index in [2.05, 4.69) is 65.2 Å². The summed E-state index contributed by atoms with van der Waals surface area (Å²) in [5.41, 5.74) is 0.0345. The number of ketones is 1. The number of allylic oxidation sites excluding steroid dienone is 2. The molecule has 5 fully saturated rings. The van der Waals surface area contributed by atoms with Gasteiger partial charge in [0.25, 0.3) is 0 Å². The quantitative estimate of drug-likeness (QED) is 0.271. The van der Waals surface area contributed by atoms with Crippen molar-refractivity contribution < 1.29 is 24.3 Å². The summed E-state index contributed by atoms with van der Waals surface area (Å²) in [6.45, 7) is 17.9. The summed E-state index contributed by atoms with van der Waals surface area (Å²) in [6.07, 6.45) is 14.3. The second kappa shape index (κ2) is 12.8.